The van der Waals surface area contributed by atoms with Crippen LogP contribution in [0.1, 0.15) is 20.8 Å². The summed E-state index contributed by atoms with van der Waals surface area (Å²) < 4.78 is 5.44. The van der Waals surface area contributed by atoms with Crippen molar-refractivity contribution in [3.63, 3.8) is 0 Å². The Balaban J connectivity index is 2.29. The minimum atomic E-state index is -0.137. The first-order chi connectivity index (χ1) is 6.08. The number of rotatable bonds is 3. The molecule has 1 aromatic heterocycles. The molecule has 1 N–H and O–H groups in total. The lowest BCUT2D eigenvalue weighted by Crippen LogP contribution is -2.23. The number of aromatic nitrogens is 2. The predicted octanol–water partition coefficient (Wildman–Crippen LogP) is 1.66. The Morgan fingerprint density at radius 2 is 1.92 bits per heavy atom. The van der Waals surface area contributed by atoms with E-state index in [4.69, 9.17) is 4.74 Å². The molecule has 0 atom stereocenters. The van der Waals surface area contributed by atoms with Crippen LogP contribution in [0.4, 0.5) is 5.95 Å². The summed E-state index contributed by atoms with van der Waals surface area (Å²) in [6, 6.07) is 1.77. The van der Waals surface area contributed by atoms with Crippen LogP contribution < -0.4 is 5.32 Å². The first-order valence-electron chi connectivity index (χ1n) is 4.23. The minimum Gasteiger partial charge on any atom is -0.356 e. The number of anilines is 1. The molecule has 0 aliphatic heterocycles. The van der Waals surface area contributed by atoms with E-state index in [1.54, 1.807) is 18.5 Å². The molecule has 0 unspecified atom stereocenters. The average Bonchev–Trinajstić information content (AvgIpc) is 2.04. The average molecular weight is 181 g/mol. The zero-order valence-electron chi connectivity index (χ0n) is 8.24. The summed E-state index contributed by atoms with van der Waals surface area (Å²) in [5, 5.41) is 2.96. The lowest BCUT2D eigenvalue weighted by molar-refractivity contribution is 0.00820. The van der Waals surface area contributed by atoms with Crippen LogP contribution in [0, 0.1) is 0 Å². The quantitative estimate of drug-likeness (QED) is 0.720. The molecule has 0 spiro atoms. The van der Waals surface area contributed by atoms with Gasteiger partial charge >= 0.3 is 0 Å². The van der Waals surface area contributed by atoms with Crippen molar-refractivity contribution < 1.29 is 4.74 Å². The highest BCUT2D eigenvalue weighted by Crippen LogP contribution is 2.06. The van der Waals surface area contributed by atoms with E-state index in [0.29, 0.717) is 12.7 Å². The summed E-state index contributed by atoms with van der Waals surface area (Å²) in [6.45, 7) is 6.43. The van der Waals surface area contributed by atoms with E-state index in [-0.39, 0.29) is 5.60 Å². The fourth-order valence-electron chi connectivity index (χ4n) is 0.708. The fourth-order valence-corrected chi connectivity index (χ4v) is 0.708. The van der Waals surface area contributed by atoms with E-state index in [2.05, 4.69) is 15.3 Å². The Morgan fingerprint density at radius 3 is 2.46 bits per heavy atom. The van der Waals surface area contributed by atoms with Gasteiger partial charge in [0.05, 0.1) is 5.60 Å². The van der Waals surface area contributed by atoms with Crippen LogP contribution in [-0.4, -0.2) is 22.3 Å². The van der Waals surface area contributed by atoms with Gasteiger partial charge in [-0.05, 0) is 26.8 Å². The van der Waals surface area contributed by atoms with Gasteiger partial charge in [-0.15, -0.1) is 0 Å². The molecular weight excluding hydrogens is 166 g/mol. The Labute approximate surface area is 78.4 Å². The molecule has 0 amide bonds. The third-order valence-electron chi connectivity index (χ3n) is 1.30. The first kappa shape index (κ1) is 9.92. The summed E-state index contributed by atoms with van der Waals surface area (Å²) in [6.07, 6.45) is 3.37. The zero-order valence-corrected chi connectivity index (χ0v) is 8.24. The fraction of sp³-hybridized carbons (Fsp3) is 0.556. The van der Waals surface area contributed by atoms with Crippen molar-refractivity contribution >= 4 is 5.95 Å². The van der Waals surface area contributed by atoms with Crippen molar-refractivity contribution in [2.45, 2.75) is 26.4 Å². The van der Waals surface area contributed by atoms with E-state index < -0.39 is 0 Å². The molecular formula is C9H15N3O. The van der Waals surface area contributed by atoms with Crippen LogP contribution in [0.25, 0.3) is 0 Å². The number of ether oxygens (including phenoxy) is 1. The third-order valence-corrected chi connectivity index (χ3v) is 1.30. The topological polar surface area (TPSA) is 47.0 Å². The minimum absolute atomic E-state index is 0.137. The number of hydrogen-bond donors (Lipinski definition) is 1. The van der Waals surface area contributed by atoms with Gasteiger partial charge in [0.25, 0.3) is 0 Å². The van der Waals surface area contributed by atoms with Crippen molar-refractivity contribution in [3.05, 3.63) is 18.5 Å². The molecule has 0 bridgehead atoms. The molecule has 0 saturated heterocycles. The van der Waals surface area contributed by atoms with Crippen LogP contribution >= 0.6 is 0 Å². The number of nitrogens with zero attached hydrogens (tertiary/aromatic N) is 2. The molecule has 0 radical (unpaired) electrons. The lowest BCUT2D eigenvalue weighted by Gasteiger charge is -2.19. The molecule has 0 fully saturated rings. The zero-order chi connectivity index (χ0) is 9.73. The summed E-state index contributed by atoms with van der Waals surface area (Å²) in [5.41, 5.74) is -0.137. The second-order valence-electron chi connectivity index (χ2n) is 3.65. The molecule has 0 aliphatic carbocycles. The second kappa shape index (κ2) is 4.18. The van der Waals surface area contributed by atoms with Crippen LogP contribution in [0.5, 0.6) is 0 Å². The molecule has 13 heavy (non-hydrogen) atoms. The maximum absolute atomic E-state index is 5.44. The van der Waals surface area contributed by atoms with Gasteiger partial charge in [-0.1, -0.05) is 0 Å². The monoisotopic (exact) mass is 181 g/mol. The summed E-state index contributed by atoms with van der Waals surface area (Å²) >= 11 is 0. The Morgan fingerprint density at radius 1 is 1.31 bits per heavy atom. The highest BCUT2D eigenvalue weighted by Gasteiger charge is 2.08. The molecule has 1 rings (SSSR count). The van der Waals surface area contributed by atoms with E-state index in [1.165, 1.54) is 0 Å². The smallest absolute Gasteiger partial charge is 0.224 e. The van der Waals surface area contributed by atoms with Gasteiger partial charge in [0.2, 0.25) is 5.95 Å². The van der Waals surface area contributed by atoms with Crippen molar-refractivity contribution in [1.82, 2.24) is 9.97 Å². The van der Waals surface area contributed by atoms with Crippen LogP contribution in [0.15, 0.2) is 18.5 Å². The molecule has 1 heterocycles. The number of nitrogens with one attached hydrogen (secondary N) is 1. The van der Waals surface area contributed by atoms with Crippen molar-refractivity contribution in [2.24, 2.45) is 0 Å². The van der Waals surface area contributed by atoms with Crippen LogP contribution in [-0.2, 0) is 4.74 Å². The molecule has 0 saturated carbocycles. The van der Waals surface area contributed by atoms with Gasteiger partial charge in [0, 0.05) is 12.4 Å². The van der Waals surface area contributed by atoms with E-state index in [0.717, 1.165) is 0 Å². The largest absolute Gasteiger partial charge is 0.356 e. The standard InChI is InChI=1S/C9H15N3O/c1-9(2,3)13-7-12-8-10-5-4-6-11-8/h4-6H,7H2,1-3H3,(H,10,11,12). The molecule has 0 aromatic carbocycles. The molecule has 0 aliphatic rings. The molecule has 72 valence electrons. The molecule has 4 nitrogen and oxygen atoms in total. The van der Waals surface area contributed by atoms with Gasteiger partial charge in [0.1, 0.15) is 6.73 Å². The normalized spacial score (nSPS) is 11.3. The van der Waals surface area contributed by atoms with Gasteiger partial charge < -0.3 is 10.1 Å². The van der Waals surface area contributed by atoms with Crippen molar-refractivity contribution in [3.8, 4) is 0 Å². The lowest BCUT2D eigenvalue weighted by atomic mass is 10.2. The highest BCUT2D eigenvalue weighted by molar-refractivity contribution is 5.20. The molecule has 1 aromatic rings. The van der Waals surface area contributed by atoms with Crippen LogP contribution in [0.2, 0.25) is 0 Å². The first-order valence-corrected chi connectivity index (χ1v) is 4.23. The third kappa shape index (κ3) is 4.42. The van der Waals surface area contributed by atoms with Gasteiger partial charge in [0.15, 0.2) is 0 Å². The molecule has 4 heteroatoms. The van der Waals surface area contributed by atoms with Crippen molar-refractivity contribution in [2.75, 3.05) is 12.0 Å². The maximum atomic E-state index is 5.44. The van der Waals surface area contributed by atoms with Crippen molar-refractivity contribution in [1.29, 1.82) is 0 Å². The summed E-state index contributed by atoms with van der Waals surface area (Å²) in [7, 11) is 0. The van der Waals surface area contributed by atoms with Gasteiger partial charge in [-0.3, -0.25) is 0 Å². The Kier molecular flexibility index (Phi) is 3.19. The predicted molar refractivity (Wildman–Crippen MR) is 51.4 cm³/mol. The van der Waals surface area contributed by atoms with Gasteiger partial charge in [-0.2, -0.15) is 0 Å². The van der Waals surface area contributed by atoms with E-state index >= 15 is 0 Å². The summed E-state index contributed by atoms with van der Waals surface area (Å²) in [4.78, 5) is 7.99. The Bertz CT molecular complexity index is 243. The van der Waals surface area contributed by atoms with Gasteiger partial charge in [-0.25, -0.2) is 9.97 Å². The maximum Gasteiger partial charge on any atom is 0.224 e. The van der Waals surface area contributed by atoms with E-state index in [9.17, 15) is 0 Å². The summed E-state index contributed by atoms with van der Waals surface area (Å²) in [5.74, 6) is 0.590. The van der Waals surface area contributed by atoms with E-state index in [1.807, 2.05) is 20.8 Å². The van der Waals surface area contributed by atoms with Crippen LogP contribution in [0.3, 0.4) is 0 Å². The second-order valence-corrected chi connectivity index (χ2v) is 3.65. The highest BCUT2D eigenvalue weighted by atomic mass is 16.5. The number of hydrogen-bond acceptors (Lipinski definition) is 4. The Hall–Kier alpha value is -1.16. The SMILES string of the molecule is CC(C)(C)OCNc1ncccn1.